The molecule has 0 saturated carbocycles. The van der Waals surface area contributed by atoms with Crippen LogP contribution in [0.15, 0.2) is 0 Å². The molecule has 1 saturated heterocycles. The van der Waals surface area contributed by atoms with Gasteiger partial charge in [-0.25, -0.2) is 0 Å². The summed E-state index contributed by atoms with van der Waals surface area (Å²) in [6.45, 7) is 5.38. The third-order valence-corrected chi connectivity index (χ3v) is 2.66. The van der Waals surface area contributed by atoms with E-state index in [1.165, 1.54) is 6.42 Å². The van der Waals surface area contributed by atoms with E-state index in [-0.39, 0.29) is 0 Å². The molecule has 3 N–H and O–H groups in total. The fourth-order valence-electron chi connectivity index (χ4n) is 1.82. The van der Waals surface area contributed by atoms with Crippen LogP contribution in [0.4, 0.5) is 0 Å². The van der Waals surface area contributed by atoms with E-state index in [2.05, 4.69) is 11.8 Å². The first-order chi connectivity index (χ1) is 5.77. The van der Waals surface area contributed by atoms with Crippen molar-refractivity contribution in [1.82, 2.24) is 4.90 Å². The summed E-state index contributed by atoms with van der Waals surface area (Å²) in [5, 5.41) is 9.05. The summed E-state index contributed by atoms with van der Waals surface area (Å²) in [4.78, 5) is 2.36. The molecule has 0 radical (unpaired) electrons. The topological polar surface area (TPSA) is 49.5 Å². The molecule has 0 amide bonds. The first-order valence-electron chi connectivity index (χ1n) is 4.83. The molecule has 3 heteroatoms. The zero-order valence-electron chi connectivity index (χ0n) is 7.87. The molecule has 0 aromatic rings. The number of likely N-dealkylation sites (tertiary alicyclic amines) is 1. The molecule has 0 bridgehead atoms. The number of aliphatic hydroxyl groups excluding tert-OH is 1. The lowest BCUT2D eigenvalue weighted by Crippen LogP contribution is -2.37. The van der Waals surface area contributed by atoms with Gasteiger partial charge in [0.1, 0.15) is 0 Å². The molecule has 72 valence electrons. The maximum absolute atomic E-state index is 9.05. The molecule has 3 nitrogen and oxygen atoms in total. The van der Waals surface area contributed by atoms with Crippen LogP contribution < -0.4 is 5.73 Å². The third kappa shape index (κ3) is 2.44. The van der Waals surface area contributed by atoms with Crippen molar-refractivity contribution in [2.75, 3.05) is 26.2 Å². The minimum absolute atomic E-state index is 0.303. The fraction of sp³-hybridized carbons (Fsp3) is 1.00. The molecular weight excluding hydrogens is 152 g/mol. The first kappa shape index (κ1) is 9.96. The second-order valence-electron chi connectivity index (χ2n) is 3.81. The van der Waals surface area contributed by atoms with Crippen LogP contribution in [0, 0.1) is 5.92 Å². The average molecular weight is 172 g/mol. The van der Waals surface area contributed by atoms with Crippen LogP contribution in [-0.2, 0) is 0 Å². The van der Waals surface area contributed by atoms with Crippen LogP contribution in [0.25, 0.3) is 0 Å². The summed E-state index contributed by atoms with van der Waals surface area (Å²) in [6, 6.07) is 0.402. The molecule has 0 aliphatic carbocycles. The van der Waals surface area contributed by atoms with E-state index in [1.54, 1.807) is 0 Å². The maximum atomic E-state index is 9.05. The number of nitrogens with zero attached hydrogens (tertiary/aromatic N) is 1. The summed E-state index contributed by atoms with van der Waals surface area (Å²) in [7, 11) is 0. The number of hydrogen-bond acceptors (Lipinski definition) is 3. The third-order valence-electron chi connectivity index (χ3n) is 2.66. The van der Waals surface area contributed by atoms with Crippen molar-refractivity contribution < 1.29 is 5.11 Å². The highest BCUT2D eigenvalue weighted by molar-refractivity contribution is 4.79. The predicted molar refractivity (Wildman–Crippen MR) is 49.9 cm³/mol. The second kappa shape index (κ2) is 4.80. The van der Waals surface area contributed by atoms with Crippen LogP contribution in [0.5, 0.6) is 0 Å². The van der Waals surface area contributed by atoms with E-state index in [0.717, 1.165) is 26.1 Å². The van der Waals surface area contributed by atoms with Gasteiger partial charge in [-0.15, -0.1) is 0 Å². The smallest absolute Gasteiger partial charge is 0.0586 e. The lowest BCUT2D eigenvalue weighted by molar-refractivity contribution is 0.146. The van der Waals surface area contributed by atoms with Gasteiger partial charge >= 0.3 is 0 Å². The molecule has 12 heavy (non-hydrogen) atoms. The van der Waals surface area contributed by atoms with E-state index in [0.29, 0.717) is 18.6 Å². The van der Waals surface area contributed by atoms with Crippen molar-refractivity contribution in [3.63, 3.8) is 0 Å². The normalized spacial score (nSPS) is 27.8. The molecule has 1 aliphatic heterocycles. The quantitative estimate of drug-likeness (QED) is 0.629. The molecule has 1 aliphatic rings. The standard InChI is InChI=1S/C9H20N2O/c1-8(5-10)6-11-4-2-3-9(11)7-12/h8-9,12H,2-7,10H2,1H3. The van der Waals surface area contributed by atoms with Crippen LogP contribution in [0.3, 0.4) is 0 Å². The Bertz CT molecular complexity index is 130. The maximum Gasteiger partial charge on any atom is 0.0586 e. The van der Waals surface area contributed by atoms with E-state index in [9.17, 15) is 0 Å². The Labute approximate surface area is 74.5 Å². The van der Waals surface area contributed by atoms with Crippen LogP contribution in [0.1, 0.15) is 19.8 Å². The van der Waals surface area contributed by atoms with Crippen molar-refractivity contribution in [2.24, 2.45) is 11.7 Å². The van der Waals surface area contributed by atoms with Crippen LogP contribution in [-0.4, -0.2) is 42.3 Å². The minimum atomic E-state index is 0.303. The van der Waals surface area contributed by atoms with Crippen molar-refractivity contribution in [3.05, 3.63) is 0 Å². The molecule has 1 rings (SSSR count). The molecule has 0 aromatic carbocycles. The molecular formula is C9H20N2O. The molecule has 2 unspecified atom stereocenters. The van der Waals surface area contributed by atoms with Crippen LogP contribution in [0.2, 0.25) is 0 Å². The van der Waals surface area contributed by atoms with Crippen molar-refractivity contribution in [3.8, 4) is 0 Å². The molecule has 1 heterocycles. The molecule has 2 atom stereocenters. The van der Waals surface area contributed by atoms with E-state index in [4.69, 9.17) is 10.8 Å². The van der Waals surface area contributed by atoms with Gasteiger partial charge in [-0.1, -0.05) is 6.92 Å². The Balaban J connectivity index is 2.30. The Morgan fingerprint density at radius 2 is 2.42 bits per heavy atom. The van der Waals surface area contributed by atoms with Gasteiger partial charge in [0.05, 0.1) is 6.61 Å². The van der Waals surface area contributed by atoms with E-state index in [1.807, 2.05) is 0 Å². The second-order valence-corrected chi connectivity index (χ2v) is 3.81. The zero-order chi connectivity index (χ0) is 8.97. The monoisotopic (exact) mass is 172 g/mol. The number of aliphatic hydroxyl groups is 1. The van der Waals surface area contributed by atoms with Crippen molar-refractivity contribution >= 4 is 0 Å². The summed E-state index contributed by atoms with van der Waals surface area (Å²) in [5.74, 6) is 0.553. The number of nitrogens with two attached hydrogens (primary N) is 1. The summed E-state index contributed by atoms with van der Waals surface area (Å²) in [6.07, 6.45) is 2.37. The van der Waals surface area contributed by atoms with Gasteiger partial charge in [-0.05, 0) is 31.8 Å². The van der Waals surface area contributed by atoms with Gasteiger partial charge in [0.2, 0.25) is 0 Å². The van der Waals surface area contributed by atoms with E-state index < -0.39 is 0 Å². The van der Waals surface area contributed by atoms with Crippen LogP contribution >= 0.6 is 0 Å². The predicted octanol–water partition coefficient (Wildman–Crippen LogP) is 0.0379. The Hall–Kier alpha value is -0.120. The lowest BCUT2D eigenvalue weighted by Gasteiger charge is -2.25. The van der Waals surface area contributed by atoms with Gasteiger partial charge in [0.15, 0.2) is 0 Å². The van der Waals surface area contributed by atoms with E-state index >= 15 is 0 Å². The highest BCUT2D eigenvalue weighted by Crippen LogP contribution is 2.17. The van der Waals surface area contributed by atoms with Gasteiger partial charge < -0.3 is 10.8 Å². The van der Waals surface area contributed by atoms with Gasteiger partial charge in [0, 0.05) is 12.6 Å². The van der Waals surface area contributed by atoms with Crippen molar-refractivity contribution in [1.29, 1.82) is 0 Å². The summed E-state index contributed by atoms with van der Waals surface area (Å²) < 4.78 is 0. The number of rotatable bonds is 4. The van der Waals surface area contributed by atoms with Gasteiger partial charge in [-0.3, -0.25) is 4.90 Å². The first-order valence-corrected chi connectivity index (χ1v) is 4.83. The fourth-order valence-corrected chi connectivity index (χ4v) is 1.82. The highest BCUT2D eigenvalue weighted by Gasteiger charge is 2.24. The summed E-state index contributed by atoms with van der Waals surface area (Å²) in [5.41, 5.74) is 5.55. The lowest BCUT2D eigenvalue weighted by atomic mass is 10.1. The Morgan fingerprint density at radius 3 is 3.00 bits per heavy atom. The Morgan fingerprint density at radius 1 is 1.67 bits per heavy atom. The van der Waals surface area contributed by atoms with Gasteiger partial charge in [0.25, 0.3) is 0 Å². The summed E-state index contributed by atoms with van der Waals surface area (Å²) >= 11 is 0. The minimum Gasteiger partial charge on any atom is -0.395 e. The molecule has 0 aromatic heterocycles. The molecule has 0 spiro atoms. The SMILES string of the molecule is CC(CN)CN1CCCC1CO. The Kier molecular flexibility index (Phi) is 3.98. The molecule has 1 fully saturated rings. The highest BCUT2D eigenvalue weighted by atomic mass is 16.3. The zero-order valence-corrected chi connectivity index (χ0v) is 7.87. The van der Waals surface area contributed by atoms with Crippen molar-refractivity contribution in [2.45, 2.75) is 25.8 Å². The van der Waals surface area contributed by atoms with Gasteiger partial charge in [-0.2, -0.15) is 0 Å². The average Bonchev–Trinajstić information content (AvgIpc) is 2.51. The number of hydrogen-bond donors (Lipinski definition) is 2. The largest absolute Gasteiger partial charge is 0.395 e.